The number of nitrogens with one attached hydrogen (secondary N) is 1. The van der Waals surface area contributed by atoms with Gasteiger partial charge in [0.15, 0.2) is 0 Å². The van der Waals surface area contributed by atoms with E-state index in [9.17, 15) is 9.50 Å². The van der Waals surface area contributed by atoms with Gasteiger partial charge >= 0.3 is 0 Å². The molecule has 3 nitrogen and oxygen atoms in total. The number of hydrogen-bond donors (Lipinski definition) is 2. The van der Waals surface area contributed by atoms with Gasteiger partial charge in [-0.1, -0.05) is 18.2 Å². The molecule has 1 aromatic rings. The first-order chi connectivity index (χ1) is 8.16. The Balaban J connectivity index is 2.53. The third-order valence-corrected chi connectivity index (χ3v) is 3.79. The highest BCUT2D eigenvalue weighted by atomic mass is 19.1. The molecule has 1 aliphatic heterocycles. The van der Waals surface area contributed by atoms with Crippen molar-refractivity contribution in [2.24, 2.45) is 5.92 Å². The lowest BCUT2D eigenvalue weighted by Gasteiger charge is -2.37. The fourth-order valence-corrected chi connectivity index (χ4v) is 2.83. The van der Waals surface area contributed by atoms with Gasteiger partial charge in [0.05, 0.1) is 24.9 Å². The number of rotatable bonds is 3. The smallest absolute Gasteiger partial charge is 0.128 e. The van der Waals surface area contributed by atoms with Crippen molar-refractivity contribution >= 4 is 0 Å². The number of aliphatic hydroxyl groups excluding tert-OH is 1. The van der Waals surface area contributed by atoms with E-state index >= 15 is 0 Å². The first kappa shape index (κ1) is 12.5. The molecule has 1 fully saturated rings. The van der Waals surface area contributed by atoms with E-state index in [1.165, 1.54) is 6.07 Å². The molecule has 4 heteroatoms. The van der Waals surface area contributed by atoms with Crippen LogP contribution in [-0.4, -0.2) is 31.5 Å². The summed E-state index contributed by atoms with van der Waals surface area (Å²) < 4.78 is 19.6. The zero-order valence-corrected chi connectivity index (χ0v) is 10.1. The average Bonchev–Trinajstić information content (AvgIpc) is 2.67. The van der Waals surface area contributed by atoms with Crippen LogP contribution in [0.5, 0.6) is 0 Å². The van der Waals surface area contributed by atoms with Crippen LogP contribution in [0.4, 0.5) is 4.39 Å². The topological polar surface area (TPSA) is 41.5 Å². The molecule has 0 radical (unpaired) electrons. The Hall–Kier alpha value is -0.970. The molecule has 3 atom stereocenters. The predicted octanol–water partition coefficient (Wildman–Crippen LogP) is 1.27. The molecule has 0 spiro atoms. The number of halogens is 1. The van der Waals surface area contributed by atoms with Crippen LogP contribution in [0.15, 0.2) is 24.3 Å². The van der Waals surface area contributed by atoms with Crippen molar-refractivity contribution in [2.75, 3.05) is 20.3 Å². The molecule has 1 heterocycles. The number of benzene rings is 1. The van der Waals surface area contributed by atoms with Gasteiger partial charge in [-0.3, -0.25) is 0 Å². The minimum atomic E-state index is -0.653. The van der Waals surface area contributed by atoms with Crippen LogP contribution >= 0.6 is 0 Å². The summed E-state index contributed by atoms with van der Waals surface area (Å²) in [4.78, 5) is 0. The molecule has 0 aliphatic carbocycles. The molecule has 0 amide bonds. The van der Waals surface area contributed by atoms with E-state index in [0.717, 1.165) is 0 Å². The zero-order chi connectivity index (χ0) is 12.5. The Morgan fingerprint density at radius 3 is 2.82 bits per heavy atom. The summed E-state index contributed by atoms with van der Waals surface area (Å²) in [7, 11) is 1.78. The number of hydrogen-bond acceptors (Lipinski definition) is 3. The fourth-order valence-electron chi connectivity index (χ4n) is 2.83. The first-order valence-electron chi connectivity index (χ1n) is 5.83. The summed E-state index contributed by atoms with van der Waals surface area (Å²) in [5.41, 5.74) is -0.0911. The van der Waals surface area contributed by atoms with Crippen LogP contribution in [0.25, 0.3) is 0 Å². The van der Waals surface area contributed by atoms with Crippen molar-refractivity contribution in [1.82, 2.24) is 5.32 Å². The molecule has 2 N–H and O–H groups in total. The second-order valence-electron chi connectivity index (χ2n) is 4.45. The lowest BCUT2D eigenvalue weighted by Crippen LogP contribution is -2.52. The lowest BCUT2D eigenvalue weighted by atomic mass is 9.76. The van der Waals surface area contributed by atoms with Crippen LogP contribution in [-0.2, 0) is 10.3 Å². The van der Waals surface area contributed by atoms with Gasteiger partial charge < -0.3 is 15.2 Å². The average molecular weight is 239 g/mol. The second kappa shape index (κ2) is 4.72. The van der Waals surface area contributed by atoms with Crippen LogP contribution in [0.3, 0.4) is 0 Å². The lowest BCUT2D eigenvalue weighted by molar-refractivity contribution is 0.0828. The zero-order valence-electron chi connectivity index (χ0n) is 10.1. The predicted molar refractivity (Wildman–Crippen MR) is 63.1 cm³/mol. The second-order valence-corrected chi connectivity index (χ2v) is 4.45. The summed E-state index contributed by atoms with van der Waals surface area (Å²) in [6.07, 6.45) is -0.179. The summed E-state index contributed by atoms with van der Waals surface area (Å²) >= 11 is 0. The van der Waals surface area contributed by atoms with Gasteiger partial charge in [-0.05, 0) is 20.0 Å². The van der Waals surface area contributed by atoms with Gasteiger partial charge in [0, 0.05) is 11.5 Å². The highest BCUT2D eigenvalue weighted by Gasteiger charge is 2.50. The van der Waals surface area contributed by atoms with E-state index in [0.29, 0.717) is 12.2 Å². The third kappa shape index (κ3) is 1.76. The molecule has 0 bridgehead atoms. The summed E-state index contributed by atoms with van der Waals surface area (Å²) in [5.74, 6) is -0.406. The highest BCUT2D eigenvalue weighted by Crippen LogP contribution is 2.40. The van der Waals surface area contributed by atoms with Gasteiger partial charge in [-0.25, -0.2) is 4.39 Å². The fraction of sp³-hybridized carbons (Fsp3) is 0.538. The molecular weight excluding hydrogens is 221 g/mol. The SMILES string of the molecule is CNC1(c2ccccc2F)C(CO)COC1C. The van der Waals surface area contributed by atoms with Crippen LogP contribution in [0.1, 0.15) is 12.5 Å². The number of aliphatic hydroxyl groups is 1. The van der Waals surface area contributed by atoms with Gasteiger partial charge in [0.25, 0.3) is 0 Å². The van der Waals surface area contributed by atoms with E-state index in [-0.39, 0.29) is 24.4 Å². The van der Waals surface area contributed by atoms with Gasteiger partial charge in [0.2, 0.25) is 0 Å². The monoisotopic (exact) mass is 239 g/mol. The summed E-state index contributed by atoms with van der Waals surface area (Å²) in [6.45, 7) is 2.31. The maximum atomic E-state index is 14.0. The molecular formula is C13H18FNO2. The van der Waals surface area contributed by atoms with Crippen LogP contribution < -0.4 is 5.32 Å². The molecule has 3 unspecified atom stereocenters. The van der Waals surface area contributed by atoms with Crippen molar-refractivity contribution in [2.45, 2.75) is 18.6 Å². The molecule has 0 aromatic heterocycles. The van der Waals surface area contributed by atoms with E-state index in [2.05, 4.69) is 5.32 Å². The molecule has 1 aromatic carbocycles. The quantitative estimate of drug-likeness (QED) is 0.834. The maximum absolute atomic E-state index is 14.0. The van der Waals surface area contributed by atoms with Gasteiger partial charge in [-0.15, -0.1) is 0 Å². The Morgan fingerprint density at radius 1 is 1.53 bits per heavy atom. The highest BCUT2D eigenvalue weighted by molar-refractivity contribution is 5.30. The largest absolute Gasteiger partial charge is 0.396 e. The number of ether oxygens (including phenoxy) is 1. The van der Waals surface area contributed by atoms with Crippen molar-refractivity contribution in [3.63, 3.8) is 0 Å². The Morgan fingerprint density at radius 2 is 2.24 bits per heavy atom. The van der Waals surface area contributed by atoms with Crippen molar-refractivity contribution < 1.29 is 14.2 Å². The summed E-state index contributed by atoms with van der Waals surface area (Å²) in [6, 6.07) is 6.65. The van der Waals surface area contributed by atoms with Crippen LogP contribution in [0.2, 0.25) is 0 Å². The van der Waals surface area contributed by atoms with Crippen molar-refractivity contribution in [1.29, 1.82) is 0 Å². The molecule has 17 heavy (non-hydrogen) atoms. The Labute approximate surface area is 101 Å². The normalized spacial score (nSPS) is 32.9. The van der Waals surface area contributed by atoms with E-state index in [1.54, 1.807) is 25.2 Å². The Kier molecular flexibility index (Phi) is 3.47. The number of likely N-dealkylation sites (N-methyl/N-ethyl adjacent to an activating group) is 1. The van der Waals surface area contributed by atoms with E-state index in [4.69, 9.17) is 4.74 Å². The van der Waals surface area contributed by atoms with E-state index in [1.807, 2.05) is 6.92 Å². The van der Waals surface area contributed by atoms with Gasteiger partial charge in [0.1, 0.15) is 5.82 Å². The van der Waals surface area contributed by atoms with Crippen molar-refractivity contribution in [3.8, 4) is 0 Å². The maximum Gasteiger partial charge on any atom is 0.128 e. The molecule has 1 aliphatic rings. The minimum absolute atomic E-state index is 0.0283. The third-order valence-electron chi connectivity index (χ3n) is 3.79. The minimum Gasteiger partial charge on any atom is -0.396 e. The summed E-state index contributed by atoms with van der Waals surface area (Å²) in [5, 5.41) is 12.6. The standard InChI is InChI=1S/C13H18FNO2/c1-9-13(15-2,10(7-16)8-17-9)11-5-3-4-6-12(11)14/h3-6,9-10,15-16H,7-8H2,1-2H3. The molecule has 0 saturated carbocycles. The molecule has 94 valence electrons. The Bertz CT molecular complexity index is 399. The van der Waals surface area contributed by atoms with Crippen LogP contribution in [0, 0.1) is 11.7 Å². The first-order valence-corrected chi connectivity index (χ1v) is 5.83. The van der Waals surface area contributed by atoms with E-state index < -0.39 is 5.54 Å². The van der Waals surface area contributed by atoms with Gasteiger partial charge in [-0.2, -0.15) is 0 Å². The molecule has 1 saturated heterocycles. The van der Waals surface area contributed by atoms with Crippen molar-refractivity contribution in [3.05, 3.63) is 35.6 Å². The molecule has 2 rings (SSSR count).